The van der Waals surface area contributed by atoms with Crippen LogP contribution in [0, 0.1) is 24.1 Å². The molecule has 3 aromatic carbocycles. The van der Waals surface area contributed by atoms with E-state index in [1.165, 1.54) is 12.1 Å². The molecule has 29 heavy (non-hydrogen) atoms. The normalized spacial score (nSPS) is 11.1. The van der Waals surface area contributed by atoms with Crippen LogP contribution >= 0.6 is 0 Å². The van der Waals surface area contributed by atoms with Gasteiger partial charge in [-0.25, -0.2) is 9.37 Å². The fourth-order valence-electron chi connectivity index (χ4n) is 3.69. The van der Waals surface area contributed by atoms with Crippen LogP contribution in [0.3, 0.4) is 0 Å². The van der Waals surface area contributed by atoms with Crippen molar-refractivity contribution in [2.45, 2.75) is 6.92 Å². The Balaban J connectivity index is 1.78. The molecule has 2 heterocycles. The monoisotopic (exact) mass is 378 g/mol. The molecule has 138 valence electrons. The molecule has 0 aliphatic rings. The Morgan fingerprint density at radius 1 is 0.897 bits per heavy atom. The smallest absolute Gasteiger partial charge is 0.123 e. The van der Waals surface area contributed by atoms with E-state index in [1.54, 1.807) is 18.3 Å². The summed E-state index contributed by atoms with van der Waals surface area (Å²) in [5, 5.41) is 9.99. The lowest BCUT2D eigenvalue weighted by Gasteiger charge is -2.10. The van der Waals surface area contributed by atoms with Crippen LogP contribution in [0.1, 0.15) is 11.4 Å². The zero-order valence-corrected chi connectivity index (χ0v) is 15.6. The Bertz CT molecular complexity index is 1410. The molecule has 5 heteroatoms. The van der Waals surface area contributed by atoms with Gasteiger partial charge in [-0.3, -0.25) is 9.55 Å². The molecule has 0 saturated carbocycles. The Kier molecular flexibility index (Phi) is 3.85. The third kappa shape index (κ3) is 2.82. The summed E-state index contributed by atoms with van der Waals surface area (Å²) in [6.45, 7) is 1.93. The highest BCUT2D eigenvalue weighted by Crippen LogP contribution is 2.31. The molecule has 5 rings (SSSR count). The average Bonchev–Trinajstić information content (AvgIpc) is 3.10. The summed E-state index contributed by atoms with van der Waals surface area (Å²) < 4.78 is 15.5. The number of hydrogen-bond acceptors (Lipinski definition) is 3. The molecular formula is C24H15FN4. The largest absolute Gasteiger partial charge is 0.296 e. The standard InChI is InChI=1S/C24H15FN4/c1-15-28-23-14-27-22-11-6-18(17-4-2-16(13-26)3-5-17)12-21(22)24(23)29(15)20-9-7-19(25)8-10-20/h2-12,14H,1H3. The summed E-state index contributed by atoms with van der Waals surface area (Å²) in [6, 6.07) is 22.1. The van der Waals surface area contributed by atoms with Gasteiger partial charge >= 0.3 is 0 Å². The van der Waals surface area contributed by atoms with E-state index in [0.717, 1.165) is 44.6 Å². The molecule has 0 spiro atoms. The quantitative estimate of drug-likeness (QED) is 0.404. The van der Waals surface area contributed by atoms with E-state index in [9.17, 15) is 4.39 Å². The van der Waals surface area contributed by atoms with Crippen molar-refractivity contribution < 1.29 is 4.39 Å². The van der Waals surface area contributed by atoms with Gasteiger partial charge in [-0.1, -0.05) is 18.2 Å². The minimum atomic E-state index is -0.273. The molecule has 0 bridgehead atoms. The van der Waals surface area contributed by atoms with E-state index in [2.05, 4.69) is 22.1 Å². The molecule has 0 unspecified atom stereocenters. The summed E-state index contributed by atoms with van der Waals surface area (Å²) in [5.74, 6) is 0.537. The van der Waals surface area contributed by atoms with Gasteiger partial charge in [-0.2, -0.15) is 5.26 Å². The molecule has 0 radical (unpaired) electrons. The number of rotatable bonds is 2. The highest BCUT2D eigenvalue weighted by Gasteiger charge is 2.14. The number of aryl methyl sites for hydroxylation is 1. The first kappa shape index (κ1) is 17.1. The first-order chi connectivity index (χ1) is 14.1. The topological polar surface area (TPSA) is 54.5 Å². The van der Waals surface area contributed by atoms with Crippen LogP contribution in [0.25, 0.3) is 38.8 Å². The molecule has 0 amide bonds. The van der Waals surface area contributed by atoms with Crippen LogP contribution in [0.4, 0.5) is 4.39 Å². The number of nitrogens with zero attached hydrogens (tertiary/aromatic N) is 4. The van der Waals surface area contributed by atoms with E-state index >= 15 is 0 Å². The van der Waals surface area contributed by atoms with Crippen LogP contribution in [0.5, 0.6) is 0 Å². The number of aromatic nitrogens is 3. The van der Waals surface area contributed by atoms with Crippen LogP contribution in [0.2, 0.25) is 0 Å². The average molecular weight is 378 g/mol. The van der Waals surface area contributed by atoms with Crippen molar-refractivity contribution in [2.24, 2.45) is 0 Å². The minimum absolute atomic E-state index is 0.273. The van der Waals surface area contributed by atoms with E-state index < -0.39 is 0 Å². The Labute approximate surface area is 166 Å². The van der Waals surface area contributed by atoms with Crippen LogP contribution in [-0.4, -0.2) is 14.5 Å². The molecule has 4 nitrogen and oxygen atoms in total. The maximum Gasteiger partial charge on any atom is 0.123 e. The number of pyridine rings is 1. The van der Waals surface area contributed by atoms with Gasteiger partial charge in [0.15, 0.2) is 0 Å². The van der Waals surface area contributed by atoms with Crippen molar-refractivity contribution >= 4 is 21.9 Å². The van der Waals surface area contributed by atoms with Gasteiger partial charge in [0.05, 0.1) is 28.9 Å². The molecule has 0 fully saturated rings. The number of fused-ring (bicyclic) bond motifs is 3. The van der Waals surface area contributed by atoms with Crippen molar-refractivity contribution in [3.8, 4) is 22.9 Å². The van der Waals surface area contributed by atoms with E-state index in [0.29, 0.717) is 5.56 Å². The zero-order chi connectivity index (χ0) is 20.0. The predicted octanol–water partition coefficient (Wildman–Crippen LogP) is 5.56. The Morgan fingerprint density at radius 2 is 1.62 bits per heavy atom. The maximum atomic E-state index is 13.4. The first-order valence-corrected chi connectivity index (χ1v) is 9.18. The van der Waals surface area contributed by atoms with Gasteiger partial charge in [-0.15, -0.1) is 0 Å². The molecule has 0 atom stereocenters. The van der Waals surface area contributed by atoms with Crippen molar-refractivity contribution in [3.63, 3.8) is 0 Å². The number of benzene rings is 3. The van der Waals surface area contributed by atoms with Crippen molar-refractivity contribution in [1.29, 1.82) is 5.26 Å². The van der Waals surface area contributed by atoms with Gasteiger partial charge in [0.1, 0.15) is 17.2 Å². The lowest BCUT2D eigenvalue weighted by Crippen LogP contribution is -1.97. The Hall–Kier alpha value is -4.04. The molecule has 0 aliphatic carbocycles. The van der Waals surface area contributed by atoms with Gasteiger partial charge in [0.2, 0.25) is 0 Å². The minimum Gasteiger partial charge on any atom is -0.296 e. The summed E-state index contributed by atoms with van der Waals surface area (Å²) in [5.41, 5.74) is 6.11. The first-order valence-electron chi connectivity index (χ1n) is 9.18. The molecule has 5 aromatic rings. The predicted molar refractivity (Wildman–Crippen MR) is 111 cm³/mol. The number of nitriles is 1. The SMILES string of the molecule is Cc1nc2cnc3ccc(-c4ccc(C#N)cc4)cc3c2n1-c1ccc(F)cc1. The van der Waals surface area contributed by atoms with Crippen molar-refractivity contribution in [1.82, 2.24) is 14.5 Å². The van der Waals surface area contributed by atoms with E-state index in [4.69, 9.17) is 5.26 Å². The van der Waals surface area contributed by atoms with Gasteiger partial charge in [-0.05, 0) is 66.6 Å². The third-order valence-electron chi connectivity index (χ3n) is 5.08. The van der Waals surface area contributed by atoms with Crippen molar-refractivity contribution in [3.05, 3.63) is 90.1 Å². The van der Waals surface area contributed by atoms with E-state index in [1.807, 2.05) is 47.9 Å². The summed E-state index contributed by atoms with van der Waals surface area (Å²) >= 11 is 0. The lowest BCUT2D eigenvalue weighted by atomic mass is 10.0. The second-order valence-corrected chi connectivity index (χ2v) is 6.88. The number of imidazole rings is 1. The molecular weight excluding hydrogens is 363 g/mol. The highest BCUT2D eigenvalue weighted by atomic mass is 19.1. The molecule has 2 aromatic heterocycles. The van der Waals surface area contributed by atoms with Crippen LogP contribution < -0.4 is 0 Å². The lowest BCUT2D eigenvalue weighted by molar-refractivity contribution is 0.627. The van der Waals surface area contributed by atoms with E-state index in [-0.39, 0.29) is 5.82 Å². The number of halogens is 1. The zero-order valence-electron chi connectivity index (χ0n) is 15.6. The second-order valence-electron chi connectivity index (χ2n) is 6.88. The second kappa shape index (κ2) is 6.54. The summed E-state index contributed by atoms with van der Waals surface area (Å²) in [6.07, 6.45) is 1.77. The third-order valence-corrected chi connectivity index (χ3v) is 5.08. The Morgan fingerprint density at radius 3 is 2.34 bits per heavy atom. The molecule has 0 saturated heterocycles. The van der Waals surface area contributed by atoms with Crippen LogP contribution in [0.15, 0.2) is 72.9 Å². The fraction of sp³-hybridized carbons (Fsp3) is 0.0417. The van der Waals surface area contributed by atoms with Crippen molar-refractivity contribution in [2.75, 3.05) is 0 Å². The molecule has 0 aliphatic heterocycles. The number of hydrogen-bond donors (Lipinski definition) is 0. The van der Waals surface area contributed by atoms with Gasteiger partial charge < -0.3 is 0 Å². The molecule has 0 N–H and O–H groups in total. The maximum absolute atomic E-state index is 13.4. The fourth-order valence-corrected chi connectivity index (χ4v) is 3.69. The van der Waals surface area contributed by atoms with Crippen LogP contribution in [-0.2, 0) is 0 Å². The summed E-state index contributed by atoms with van der Waals surface area (Å²) in [7, 11) is 0. The summed E-state index contributed by atoms with van der Waals surface area (Å²) in [4.78, 5) is 9.21. The van der Waals surface area contributed by atoms with Gasteiger partial charge in [0, 0.05) is 11.1 Å². The van der Waals surface area contributed by atoms with Gasteiger partial charge in [0.25, 0.3) is 0 Å². The highest BCUT2D eigenvalue weighted by molar-refractivity contribution is 6.04.